The van der Waals surface area contributed by atoms with Crippen molar-refractivity contribution in [3.05, 3.63) is 15.9 Å². The van der Waals surface area contributed by atoms with Gasteiger partial charge in [0.1, 0.15) is 4.21 Å². The lowest BCUT2D eigenvalue weighted by molar-refractivity contribution is 0.422. The van der Waals surface area contributed by atoms with Crippen LogP contribution in [0, 0.1) is 0 Å². The van der Waals surface area contributed by atoms with Crippen LogP contribution in [0.3, 0.4) is 0 Å². The quantitative estimate of drug-likeness (QED) is 0.857. The Morgan fingerprint density at radius 2 is 2.20 bits per heavy atom. The van der Waals surface area contributed by atoms with Crippen LogP contribution in [0.4, 0.5) is 0 Å². The largest absolute Gasteiger partial charge is 0.252 e. The molecular formula is C9H12BrNO2S2. The second-order valence-electron chi connectivity index (χ2n) is 3.50. The first-order valence-electron chi connectivity index (χ1n) is 4.83. The molecule has 1 aromatic heterocycles. The highest BCUT2D eigenvalue weighted by Gasteiger charge is 2.37. The fourth-order valence-electron chi connectivity index (χ4n) is 1.54. The van der Waals surface area contributed by atoms with Gasteiger partial charge in [-0.25, -0.2) is 8.42 Å². The number of nitrogens with zero attached hydrogens (tertiary/aromatic N) is 1. The van der Waals surface area contributed by atoms with Gasteiger partial charge in [0.2, 0.25) is 0 Å². The topological polar surface area (TPSA) is 37.4 Å². The minimum absolute atomic E-state index is 0.237. The number of rotatable bonds is 4. The maximum atomic E-state index is 12.2. The third kappa shape index (κ3) is 2.27. The smallest absolute Gasteiger partial charge is 0.206 e. The normalized spacial score (nSPS) is 17.3. The van der Waals surface area contributed by atoms with E-state index in [2.05, 4.69) is 15.9 Å². The van der Waals surface area contributed by atoms with Crippen LogP contribution in [0.25, 0.3) is 0 Å². The molecule has 0 amide bonds. The molecule has 1 saturated carbocycles. The molecule has 0 aliphatic heterocycles. The zero-order valence-corrected chi connectivity index (χ0v) is 11.5. The molecule has 1 aliphatic rings. The van der Waals surface area contributed by atoms with Crippen LogP contribution in [0.5, 0.6) is 0 Å². The maximum Gasteiger partial charge on any atom is 0.252 e. The lowest BCUT2D eigenvalue weighted by Crippen LogP contribution is -2.32. The van der Waals surface area contributed by atoms with Crippen LogP contribution in [-0.4, -0.2) is 25.3 Å². The van der Waals surface area contributed by atoms with Gasteiger partial charge in [-0.3, -0.25) is 0 Å². The van der Waals surface area contributed by atoms with Crippen LogP contribution in [0.2, 0.25) is 0 Å². The Bertz CT molecular complexity index is 450. The summed E-state index contributed by atoms with van der Waals surface area (Å²) in [5.41, 5.74) is 0. The molecule has 0 bridgehead atoms. The number of hydrogen-bond acceptors (Lipinski definition) is 3. The van der Waals surface area contributed by atoms with Gasteiger partial charge in [-0.1, -0.05) is 6.92 Å². The molecule has 0 radical (unpaired) electrons. The highest BCUT2D eigenvalue weighted by atomic mass is 79.9. The zero-order valence-electron chi connectivity index (χ0n) is 8.31. The maximum absolute atomic E-state index is 12.2. The van der Waals surface area contributed by atoms with Crippen molar-refractivity contribution in [2.75, 3.05) is 6.54 Å². The summed E-state index contributed by atoms with van der Waals surface area (Å²) in [5, 5.41) is 0. The Labute approximate surface area is 102 Å². The van der Waals surface area contributed by atoms with Crippen molar-refractivity contribution in [3.63, 3.8) is 0 Å². The third-order valence-electron chi connectivity index (χ3n) is 2.38. The Balaban J connectivity index is 2.32. The molecule has 0 saturated heterocycles. The summed E-state index contributed by atoms with van der Waals surface area (Å²) in [6.45, 7) is 2.45. The molecule has 1 aromatic rings. The predicted octanol–water partition coefficient (Wildman–Crippen LogP) is 2.68. The minimum atomic E-state index is -3.25. The Morgan fingerprint density at radius 1 is 1.53 bits per heavy atom. The van der Waals surface area contributed by atoms with Gasteiger partial charge in [-0.05, 0) is 40.9 Å². The summed E-state index contributed by atoms with van der Waals surface area (Å²) in [5.74, 6) is 0. The van der Waals surface area contributed by atoms with Gasteiger partial charge in [0.25, 0.3) is 10.0 Å². The first-order chi connectivity index (χ1) is 7.05. The van der Waals surface area contributed by atoms with Crippen molar-refractivity contribution in [1.29, 1.82) is 0 Å². The fraction of sp³-hybridized carbons (Fsp3) is 0.556. The van der Waals surface area contributed by atoms with E-state index in [0.717, 1.165) is 16.6 Å². The Morgan fingerprint density at radius 3 is 2.60 bits per heavy atom. The summed E-state index contributed by atoms with van der Waals surface area (Å²) < 4.78 is 27.2. The van der Waals surface area contributed by atoms with Crippen molar-refractivity contribution in [3.8, 4) is 0 Å². The van der Waals surface area contributed by atoms with Gasteiger partial charge < -0.3 is 0 Å². The molecule has 15 heavy (non-hydrogen) atoms. The fourth-order valence-corrected chi connectivity index (χ4v) is 5.37. The van der Waals surface area contributed by atoms with Crippen molar-refractivity contribution < 1.29 is 8.42 Å². The molecule has 0 atom stereocenters. The molecular weight excluding hydrogens is 298 g/mol. The van der Waals surface area contributed by atoms with Gasteiger partial charge in [-0.2, -0.15) is 4.31 Å². The molecule has 1 heterocycles. The predicted molar refractivity (Wildman–Crippen MR) is 64.6 cm³/mol. The van der Waals surface area contributed by atoms with E-state index in [1.807, 2.05) is 6.92 Å². The van der Waals surface area contributed by atoms with Crippen LogP contribution in [-0.2, 0) is 10.0 Å². The molecule has 1 fully saturated rings. The van der Waals surface area contributed by atoms with Gasteiger partial charge >= 0.3 is 0 Å². The van der Waals surface area contributed by atoms with Gasteiger partial charge in [-0.15, -0.1) is 11.3 Å². The summed E-state index contributed by atoms with van der Waals surface area (Å²) in [6, 6.07) is 3.67. The minimum Gasteiger partial charge on any atom is -0.206 e. The van der Waals surface area contributed by atoms with E-state index in [4.69, 9.17) is 0 Å². The summed E-state index contributed by atoms with van der Waals surface area (Å²) in [6.07, 6.45) is 2.00. The van der Waals surface area contributed by atoms with Crippen LogP contribution in [0.1, 0.15) is 19.8 Å². The highest BCUT2D eigenvalue weighted by Crippen LogP contribution is 2.34. The van der Waals surface area contributed by atoms with Gasteiger partial charge in [0, 0.05) is 12.6 Å². The van der Waals surface area contributed by atoms with E-state index in [1.165, 1.54) is 11.3 Å². The summed E-state index contributed by atoms with van der Waals surface area (Å²) in [4.78, 5) is 0. The van der Waals surface area contributed by atoms with E-state index < -0.39 is 10.0 Å². The van der Waals surface area contributed by atoms with E-state index in [1.54, 1.807) is 16.4 Å². The molecule has 0 N–H and O–H groups in total. The lowest BCUT2D eigenvalue weighted by Gasteiger charge is -2.18. The van der Waals surface area contributed by atoms with Gasteiger partial charge in [0.05, 0.1) is 3.79 Å². The average Bonchev–Trinajstić information content (AvgIpc) is 2.88. The van der Waals surface area contributed by atoms with Crippen molar-refractivity contribution >= 4 is 37.3 Å². The van der Waals surface area contributed by atoms with Gasteiger partial charge in [0.15, 0.2) is 0 Å². The number of hydrogen-bond donors (Lipinski definition) is 0. The van der Waals surface area contributed by atoms with Crippen LogP contribution < -0.4 is 0 Å². The number of halogens is 1. The molecule has 0 spiro atoms. The zero-order chi connectivity index (χ0) is 11.1. The molecule has 6 heteroatoms. The van der Waals surface area contributed by atoms with E-state index >= 15 is 0 Å². The molecule has 0 aromatic carbocycles. The standard InChI is InChI=1S/C9H12BrNO2S2/c1-2-11(7-3-4-7)15(12,13)9-6-5-8(10)14-9/h5-7H,2-4H2,1H3. The molecule has 84 valence electrons. The third-order valence-corrected chi connectivity index (χ3v) is 6.50. The second kappa shape index (κ2) is 4.16. The van der Waals surface area contributed by atoms with E-state index in [0.29, 0.717) is 10.8 Å². The van der Waals surface area contributed by atoms with Crippen LogP contribution >= 0.6 is 27.3 Å². The molecule has 0 unspecified atom stereocenters. The van der Waals surface area contributed by atoms with Crippen molar-refractivity contribution in [1.82, 2.24) is 4.31 Å². The summed E-state index contributed by atoms with van der Waals surface area (Å²) >= 11 is 4.55. The second-order valence-corrected chi connectivity index (χ2v) is 8.08. The van der Waals surface area contributed by atoms with Crippen molar-refractivity contribution in [2.45, 2.75) is 30.0 Å². The molecule has 3 nitrogen and oxygen atoms in total. The number of thiophene rings is 1. The first kappa shape index (κ1) is 11.6. The number of sulfonamides is 1. The van der Waals surface area contributed by atoms with E-state index in [-0.39, 0.29) is 6.04 Å². The monoisotopic (exact) mass is 309 g/mol. The van der Waals surface area contributed by atoms with E-state index in [9.17, 15) is 8.42 Å². The Hall–Kier alpha value is 0.0900. The summed E-state index contributed by atoms with van der Waals surface area (Å²) in [7, 11) is -3.25. The Kier molecular flexibility index (Phi) is 3.21. The SMILES string of the molecule is CCN(C1CC1)S(=O)(=O)c1ccc(Br)s1. The average molecular weight is 310 g/mol. The molecule has 1 aliphatic carbocycles. The lowest BCUT2D eigenvalue weighted by atomic mass is 10.6. The molecule has 2 rings (SSSR count). The van der Waals surface area contributed by atoms with Crippen molar-refractivity contribution in [2.24, 2.45) is 0 Å². The first-order valence-corrected chi connectivity index (χ1v) is 7.88. The highest BCUT2D eigenvalue weighted by molar-refractivity contribution is 9.11. The van der Waals surface area contributed by atoms with Crippen LogP contribution in [0.15, 0.2) is 20.1 Å².